The maximum atomic E-state index is 3.50. The van der Waals surface area contributed by atoms with Crippen molar-refractivity contribution in [3.63, 3.8) is 0 Å². The van der Waals surface area contributed by atoms with Gasteiger partial charge >= 0.3 is 0 Å². The lowest BCUT2D eigenvalue weighted by atomic mass is 10.1. The average molecular weight is 218 g/mol. The van der Waals surface area contributed by atoms with E-state index >= 15 is 0 Å². The van der Waals surface area contributed by atoms with E-state index in [4.69, 9.17) is 0 Å². The predicted molar refractivity (Wildman–Crippen MR) is 68.3 cm³/mol. The molecule has 0 bridgehead atoms. The van der Waals surface area contributed by atoms with Crippen LogP contribution in [-0.4, -0.2) is 24.5 Å². The van der Waals surface area contributed by atoms with Gasteiger partial charge in [0.25, 0.3) is 0 Å². The van der Waals surface area contributed by atoms with Crippen LogP contribution in [0.1, 0.15) is 30.9 Å². The van der Waals surface area contributed by atoms with E-state index < -0.39 is 0 Å². The average Bonchev–Trinajstić information content (AvgIpc) is 2.71. The Kier molecular flexibility index (Phi) is 4.37. The quantitative estimate of drug-likeness (QED) is 0.738. The van der Waals surface area contributed by atoms with Gasteiger partial charge in [-0.3, -0.25) is 4.90 Å². The fourth-order valence-corrected chi connectivity index (χ4v) is 2.23. The van der Waals surface area contributed by atoms with Crippen LogP contribution in [0.3, 0.4) is 0 Å². The van der Waals surface area contributed by atoms with Gasteiger partial charge in [0.1, 0.15) is 0 Å². The van der Waals surface area contributed by atoms with Crippen LogP contribution in [-0.2, 0) is 13.1 Å². The van der Waals surface area contributed by atoms with Crippen molar-refractivity contribution in [1.29, 1.82) is 0 Å². The molecule has 2 nitrogen and oxygen atoms in total. The lowest BCUT2D eigenvalue weighted by molar-refractivity contribution is 0.283. The summed E-state index contributed by atoms with van der Waals surface area (Å²) in [5.41, 5.74) is 3.02. The normalized spacial score (nSPS) is 15.3. The van der Waals surface area contributed by atoms with E-state index in [1.165, 1.54) is 30.5 Å². The predicted octanol–water partition coefficient (Wildman–Crippen LogP) is 2.39. The Labute approximate surface area is 98.7 Å². The Balaban J connectivity index is 1.67. The summed E-state index contributed by atoms with van der Waals surface area (Å²) in [6, 6.07) is 8.78. The van der Waals surface area contributed by atoms with Crippen molar-refractivity contribution in [1.82, 2.24) is 10.2 Å². The molecule has 0 radical (unpaired) electrons. The molecule has 1 aromatic carbocycles. The highest BCUT2D eigenvalue weighted by atomic mass is 15.1. The van der Waals surface area contributed by atoms with Gasteiger partial charge < -0.3 is 5.32 Å². The second kappa shape index (κ2) is 6.02. The largest absolute Gasteiger partial charge is 0.315 e. The molecule has 2 rings (SSSR count). The Morgan fingerprint density at radius 2 is 1.81 bits per heavy atom. The van der Waals surface area contributed by atoms with Gasteiger partial charge in [-0.1, -0.05) is 37.6 Å². The van der Waals surface area contributed by atoms with Crippen LogP contribution in [0, 0.1) is 0 Å². The topological polar surface area (TPSA) is 15.3 Å². The van der Waals surface area contributed by atoms with E-state index in [0.29, 0.717) is 0 Å². The van der Waals surface area contributed by atoms with Crippen LogP contribution in [0.25, 0.3) is 0 Å². The second-order valence-corrected chi connectivity index (χ2v) is 4.58. The van der Waals surface area contributed by atoms with Gasteiger partial charge in [0.15, 0.2) is 0 Å². The van der Waals surface area contributed by atoms with Crippen LogP contribution in [0.2, 0.25) is 0 Å². The van der Waals surface area contributed by atoms with Crippen molar-refractivity contribution in [3.05, 3.63) is 35.4 Å². The molecular weight excluding hydrogens is 196 g/mol. The zero-order chi connectivity index (χ0) is 11.2. The monoisotopic (exact) mass is 218 g/mol. The minimum atomic E-state index is 1.12. The van der Waals surface area contributed by atoms with E-state index in [2.05, 4.69) is 41.4 Å². The van der Waals surface area contributed by atoms with Crippen LogP contribution >= 0.6 is 0 Å². The van der Waals surface area contributed by atoms with Crippen molar-refractivity contribution in [3.8, 4) is 0 Å². The third-order valence-corrected chi connectivity index (χ3v) is 3.22. The Hall–Kier alpha value is -0.860. The van der Waals surface area contributed by atoms with E-state index in [9.17, 15) is 0 Å². The van der Waals surface area contributed by atoms with E-state index in [0.717, 1.165) is 26.2 Å². The summed E-state index contributed by atoms with van der Waals surface area (Å²) in [6.45, 7) is 7.94. The highest BCUT2D eigenvalue weighted by Gasteiger charge is 2.16. The molecular formula is C14H22N2. The number of hydrogen-bond acceptors (Lipinski definition) is 2. The van der Waals surface area contributed by atoms with Gasteiger partial charge in [-0.05, 0) is 24.1 Å². The number of fused-ring (bicyclic) bond motifs is 1. The summed E-state index contributed by atoms with van der Waals surface area (Å²) in [5, 5.41) is 3.50. The van der Waals surface area contributed by atoms with Crippen molar-refractivity contribution in [2.75, 3.05) is 19.6 Å². The summed E-state index contributed by atoms with van der Waals surface area (Å²) < 4.78 is 0. The van der Waals surface area contributed by atoms with Gasteiger partial charge in [0.2, 0.25) is 0 Å². The highest BCUT2D eigenvalue weighted by Crippen LogP contribution is 2.21. The number of benzene rings is 1. The molecule has 1 aliphatic heterocycles. The molecule has 16 heavy (non-hydrogen) atoms. The molecule has 0 saturated carbocycles. The standard InChI is InChI=1S/C14H22N2/c1-2-3-8-15-9-10-16-11-13-6-4-5-7-14(13)12-16/h4-7,15H,2-3,8-12H2,1H3. The SMILES string of the molecule is CCCCNCCN1Cc2ccccc2C1. The maximum absolute atomic E-state index is 3.50. The fraction of sp³-hybridized carbons (Fsp3) is 0.571. The lowest BCUT2D eigenvalue weighted by Gasteiger charge is -2.14. The van der Waals surface area contributed by atoms with Crippen molar-refractivity contribution >= 4 is 0 Å². The van der Waals surface area contributed by atoms with Crippen LogP contribution < -0.4 is 5.32 Å². The minimum Gasteiger partial charge on any atom is -0.315 e. The molecule has 2 heteroatoms. The Morgan fingerprint density at radius 3 is 2.44 bits per heavy atom. The van der Waals surface area contributed by atoms with Crippen molar-refractivity contribution in [2.45, 2.75) is 32.9 Å². The van der Waals surface area contributed by atoms with E-state index in [-0.39, 0.29) is 0 Å². The first-order chi connectivity index (χ1) is 7.90. The zero-order valence-electron chi connectivity index (χ0n) is 10.2. The molecule has 0 fully saturated rings. The minimum absolute atomic E-state index is 1.12. The Bertz CT molecular complexity index is 297. The summed E-state index contributed by atoms with van der Waals surface area (Å²) >= 11 is 0. The number of unbranched alkanes of at least 4 members (excludes halogenated alkanes) is 1. The number of nitrogens with zero attached hydrogens (tertiary/aromatic N) is 1. The molecule has 0 spiro atoms. The molecule has 0 atom stereocenters. The first-order valence-electron chi connectivity index (χ1n) is 6.40. The number of rotatable bonds is 6. The van der Waals surface area contributed by atoms with Crippen LogP contribution in [0.5, 0.6) is 0 Å². The summed E-state index contributed by atoms with van der Waals surface area (Å²) in [4.78, 5) is 2.52. The molecule has 1 N–H and O–H groups in total. The number of nitrogens with one attached hydrogen (secondary N) is 1. The molecule has 1 aliphatic rings. The van der Waals surface area contributed by atoms with Crippen LogP contribution in [0.15, 0.2) is 24.3 Å². The first kappa shape index (κ1) is 11.6. The van der Waals surface area contributed by atoms with Gasteiger partial charge in [-0.25, -0.2) is 0 Å². The molecule has 0 amide bonds. The van der Waals surface area contributed by atoms with Crippen molar-refractivity contribution < 1.29 is 0 Å². The number of hydrogen-bond donors (Lipinski definition) is 1. The van der Waals surface area contributed by atoms with Gasteiger partial charge in [-0.2, -0.15) is 0 Å². The van der Waals surface area contributed by atoms with Gasteiger partial charge in [0.05, 0.1) is 0 Å². The Morgan fingerprint density at radius 1 is 1.12 bits per heavy atom. The third-order valence-electron chi connectivity index (χ3n) is 3.22. The molecule has 0 aliphatic carbocycles. The zero-order valence-corrected chi connectivity index (χ0v) is 10.2. The first-order valence-corrected chi connectivity index (χ1v) is 6.40. The molecule has 1 aromatic rings. The molecule has 0 saturated heterocycles. The molecule has 88 valence electrons. The summed E-state index contributed by atoms with van der Waals surface area (Å²) in [6.07, 6.45) is 2.57. The van der Waals surface area contributed by atoms with Gasteiger partial charge in [0, 0.05) is 26.2 Å². The van der Waals surface area contributed by atoms with E-state index in [1.807, 2.05) is 0 Å². The van der Waals surface area contributed by atoms with Gasteiger partial charge in [-0.15, -0.1) is 0 Å². The van der Waals surface area contributed by atoms with E-state index in [1.54, 1.807) is 0 Å². The summed E-state index contributed by atoms with van der Waals surface area (Å²) in [5.74, 6) is 0. The maximum Gasteiger partial charge on any atom is 0.0241 e. The molecule has 0 aromatic heterocycles. The fourth-order valence-electron chi connectivity index (χ4n) is 2.23. The lowest BCUT2D eigenvalue weighted by Crippen LogP contribution is -2.28. The highest BCUT2D eigenvalue weighted by molar-refractivity contribution is 5.30. The van der Waals surface area contributed by atoms with Crippen molar-refractivity contribution in [2.24, 2.45) is 0 Å². The molecule has 0 unspecified atom stereocenters. The third kappa shape index (κ3) is 3.06. The van der Waals surface area contributed by atoms with Crippen LogP contribution in [0.4, 0.5) is 0 Å². The smallest absolute Gasteiger partial charge is 0.0241 e. The molecule has 1 heterocycles. The second-order valence-electron chi connectivity index (χ2n) is 4.58. The summed E-state index contributed by atoms with van der Waals surface area (Å²) in [7, 11) is 0.